The summed E-state index contributed by atoms with van der Waals surface area (Å²) < 4.78 is 5.28. The fourth-order valence-electron chi connectivity index (χ4n) is 1.54. The molecule has 0 fully saturated rings. The standard InChI is InChI=1S/C12H11ClO2/c1-7(2)8-3-9-4-10(6-14)15-12(9)11(13)5-8/h3-7H,1-2H3. The van der Waals surface area contributed by atoms with Crippen molar-refractivity contribution in [2.45, 2.75) is 19.8 Å². The maximum absolute atomic E-state index is 10.6. The lowest BCUT2D eigenvalue weighted by atomic mass is 10.0. The molecule has 1 aromatic carbocycles. The van der Waals surface area contributed by atoms with Gasteiger partial charge in [0, 0.05) is 5.39 Å². The van der Waals surface area contributed by atoms with Gasteiger partial charge in [-0.25, -0.2) is 0 Å². The number of hydrogen-bond donors (Lipinski definition) is 0. The van der Waals surface area contributed by atoms with Crippen molar-refractivity contribution in [1.29, 1.82) is 0 Å². The van der Waals surface area contributed by atoms with E-state index in [1.54, 1.807) is 6.07 Å². The Balaban J connectivity index is 2.70. The molecule has 2 nitrogen and oxygen atoms in total. The highest BCUT2D eigenvalue weighted by molar-refractivity contribution is 6.35. The highest BCUT2D eigenvalue weighted by atomic mass is 35.5. The van der Waals surface area contributed by atoms with E-state index in [-0.39, 0.29) is 0 Å². The second kappa shape index (κ2) is 3.70. The average Bonchev–Trinajstić information content (AvgIpc) is 2.61. The number of carbonyl (C=O) groups excluding carboxylic acids is 1. The topological polar surface area (TPSA) is 30.2 Å². The highest BCUT2D eigenvalue weighted by Gasteiger charge is 2.10. The molecule has 15 heavy (non-hydrogen) atoms. The van der Waals surface area contributed by atoms with Gasteiger partial charge in [-0.15, -0.1) is 0 Å². The molecule has 0 saturated heterocycles. The molecule has 0 N–H and O–H groups in total. The molecule has 78 valence electrons. The molecule has 0 aliphatic carbocycles. The molecule has 0 atom stereocenters. The minimum absolute atomic E-state index is 0.313. The monoisotopic (exact) mass is 222 g/mol. The largest absolute Gasteiger partial charge is 0.452 e. The molecule has 3 heteroatoms. The Morgan fingerprint density at radius 3 is 2.67 bits per heavy atom. The van der Waals surface area contributed by atoms with Crippen molar-refractivity contribution in [3.05, 3.63) is 34.5 Å². The first-order valence-corrected chi connectivity index (χ1v) is 5.17. The van der Waals surface area contributed by atoms with E-state index in [1.807, 2.05) is 12.1 Å². The van der Waals surface area contributed by atoms with Gasteiger partial charge >= 0.3 is 0 Å². The van der Waals surface area contributed by atoms with E-state index in [4.69, 9.17) is 16.0 Å². The molecule has 0 unspecified atom stereocenters. The Morgan fingerprint density at radius 2 is 2.07 bits per heavy atom. The molecule has 2 aromatic rings. The van der Waals surface area contributed by atoms with E-state index in [9.17, 15) is 4.79 Å². The minimum atomic E-state index is 0.313. The quantitative estimate of drug-likeness (QED) is 0.719. The molecular formula is C12H11ClO2. The molecule has 0 amide bonds. The lowest BCUT2D eigenvalue weighted by Gasteiger charge is -2.05. The van der Waals surface area contributed by atoms with Crippen molar-refractivity contribution < 1.29 is 9.21 Å². The third kappa shape index (κ3) is 1.77. The van der Waals surface area contributed by atoms with Crippen LogP contribution in [0.15, 0.2) is 22.6 Å². The number of hydrogen-bond acceptors (Lipinski definition) is 2. The lowest BCUT2D eigenvalue weighted by molar-refractivity contribution is 0.110. The number of carbonyl (C=O) groups is 1. The molecule has 0 radical (unpaired) electrons. The Morgan fingerprint density at radius 1 is 1.33 bits per heavy atom. The van der Waals surface area contributed by atoms with Gasteiger partial charge in [0.2, 0.25) is 0 Å². The van der Waals surface area contributed by atoms with Crippen LogP contribution < -0.4 is 0 Å². The van der Waals surface area contributed by atoms with Crippen molar-refractivity contribution in [2.24, 2.45) is 0 Å². The van der Waals surface area contributed by atoms with Crippen LogP contribution in [0.4, 0.5) is 0 Å². The zero-order valence-corrected chi connectivity index (χ0v) is 9.34. The van der Waals surface area contributed by atoms with Crippen LogP contribution in [0, 0.1) is 0 Å². The second-order valence-corrected chi connectivity index (χ2v) is 4.25. The smallest absolute Gasteiger partial charge is 0.185 e. The van der Waals surface area contributed by atoms with E-state index in [0.717, 1.165) is 10.9 Å². The zero-order chi connectivity index (χ0) is 11.0. The van der Waals surface area contributed by atoms with E-state index >= 15 is 0 Å². The second-order valence-electron chi connectivity index (χ2n) is 3.84. The summed E-state index contributed by atoms with van der Waals surface area (Å²) in [6.45, 7) is 4.19. The molecule has 0 saturated carbocycles. The fraction of sp³-hybridized carbons (Fsp3) is 0.250. The van der Waals surface area contributed by atoms with Gasteiger partial charge in [0.05, 0.1) is 5.02 Å². The SMILES string of the molecule is CC(C)c1cc(Cl)c2oc(C=O)cc2c1. The molecule has 0 aliphatic rings. The molecule has 0 aliphatic heterocycles. The van der Waals surface area contributed by atoms with Crippen molar-refractivity contribution in [2.75, 3.05) is 0 Å². The van der Waals surface area contributed by atoms with Crippen molar-refractivity contribution in [3.8, 4) is 0 Å². The molecular weight excluding hydrogens is 212 g/mol. The van der Waals surface area contributed by atoms with Gasteiger partial charge in [0.25, 0.3) is 0 Å². The summed E-state index contributed by atoms with van der Waals surface area (Å²) in [5.41, 5.74) is 1.73. The minimum Gasteiger partial charge on any atom is -0.452 e. The summed E-state index contributed by atoms with van der Waals surface area (Å²) in [7, 11) is 0. The maximum atomic E-state index is 10.6. The summed E-state index contributed by atoms with van der Waals surface area (Å²) in [5.74, 6) is 0.717. The predicted molar refractivity (Wildman–Crippen MR) is 60.7 cm³/mol. The van der Waals surface area contributed by atoms with Crippen molar-refractivity contribution >= 4 is 28.9 Å². The summed E-state index contributed by atoms with van der Waals surface area (Å²) in [4.78, 5) is 10.6. The zero-order valence-electron chi connectivity index (χ0n) is 8.58. The third-order valence-electron chi connectivity index (χ3n) is 2.40. The van der Waals surface area contributed by atoms with E-state index in [1.165, 1.54) is 0 Å². The van der Waals surface area contributed by atoms with Crippen LogP contribution in [0.5, 0.6) is 0 Å². The first-order chi connectivity index (χ1) is 7.11. The summed E-state index contributed by atoms with van der Waals surface area (Å²) >= 11 is 6.07. The number of aldehydes is 1. The average molecular weight is 223 g/mol. The number of halogens is 1. The molecule has 1 aromatic heterocycles. The van der Waals surface area contributed by atoms with Crippen LogP contribution in [0.3, 0.4) is 0 Å². The first-order valence-electron chi connectivity index (χ1n) is 4.80. The van der Waals surface area contributed by atoms with Gasteiger partial charge in [0.1, 0.15) is 0 Å². The van der Waals surface area contributed by atoms with Crippen molar-refractivity contribution in [3.63, 3.8) is 0 Å². The van der Waals surface area contributed by atoms with E-state index in [2.05, 4.69) is 13.8 Å². The molecule has 0 spiro atoms. The number of rotatable bonds is 2. The van der Waals surface area contributed by atoms with Gasteiger partial charge in [-0.1, -0.05) is 25.4 Å². The molecule has 2 rings (SSSR count). The normalized spacial score (nSPS) is 11.2. The van der Waals surface area contributed by atoms with Gasteiger partial charge in [-0.2, -0.15) is 0 Å². The van der Waals surface area contributed by atoms with Crippen molar-refractivity contribution in [1.82, 2.24) is 0 Å². The van der Waals surface area contributed by atoms with Gasteiger partial charge < -0.3 is 4.42 Å². The van der Waals surface area contributed by atoms with Crippen LogP contribution in [0.2, 0.25) is 5.02 Å². The van der Waals surface area contributed by atoms with Crippen LogP contribution in [0.1, 0.15) is 35.9 Å². The Labute approximate surface area is 92.8 Å². The Kier molecular flexibility index (Phi) is 2.53. The number of benzene rings is 1. The Hall–Kier alpha value is -1.28. The lowest BCUT2D eigenvalue weighted by Crippen LogP contribution is -1.86. The van der Waals surface area contributed by atoms with E-state index < -0.39 is 0 Å². The molecule has 1 heterocycles. The van der Waals surface area contributed by atoms with Crippen LogP contribution in [-0.4, -0.2) is 6.29 Å². The summed E-state index contributed by atoms with van der Waals surface area (Å²) in [6.07, 6.45) is 0.686. The van der Waals surface area contributed by atoms with Gasteiger partial charge in [0.15, 0.2) is 17.6 Å². The summed E-state index contributed by atoms with van der Waals surface area (Å²) in [5, 5.41) is 1.44. The number of furan rings is 1. The number of fused-ring (bicyclic) bond motifs is 1. The van der Waals surface area contributed by atoms with Crippen LogP contribution in [-0.2, 0) is 0 Å². The third-order valence-corrected chi connectivity index (χ3v) is 2.68. The maximum Gasteiger partial charge on any atom is 0.185 e. The first kappa shape index (κ1) is 10.2. The van der Waals surface area contributed by atoms with Crippen LogP contribution in [0.25, 0.3) is 11.0 Å². The fourth-order valence-corrected chi connectivity index (χ4v) is 1.82. The molecule has 0 bridgehead atoms. The predicted octanol–water partition coefficient (Wildman–Crippen LogP) is 4.02. The van der Waals surface area contributed by atoms with E-state index in [0.29, 0.717) is 28.6 Å². The van der Waals surface area contributed by atoms with Gasteiger partial charge in [-0.05, 0) is 29.7 Å². The van der Waals surface area contributed by atoms with Gasteiger partial charge in [-0.3, -0.25) is 4.79 Å². The van der Waals surface area contributed by atoms with Crippen LogP contribution >= 0.6 is 11.6 Å². The Bertz CT molecular complexity index is 512. The highest BCUT2D eigenvalue weighted by Crippen LogP contribution is 2.30. The summed E-state index contributed by atoms with van der Waals surface area (Å²) in [6, 6.07) is 5.59.